The Bertz CT molecular complexity index is 357. The summed E-state index contributed by atoms with van der Waals surface area (Å²) in [7, 11) is 0. The van der Waals surface area contributed by atoms with Crippen molar-refractivity contribution in [3.8, 4) is 0 Å². The van der Waals surface area contributed by atoms with Crippen LogP contribution >= 0.6 is 11.8 Å². The van der Waals surface area contributed by atoms with Crippen LogP contribution in [0.1, 0.15) is 58.8 Å². The highest BCUT2D eigenvalue weighted by molar-refractivity contribution is 7.99. The highest BCUT2D eigenvalue weighted by Crippen LogP contribution is 2.64. The first-order valence-corrected chi connectivity index (χ1v) is 9.60. The van der Waals surface area contributed by atoms with Crippen molar-refractivity contribution >= 4 is 17.7 Å². The van der Waals surface area contributed by atoms with Gasteiger partial charge in [-0.05, 0) is 75.9 Å². The molecule has 4 fully saturated rings. The van der Waals surface area contributed by atoms with Gasteiger partial charge in [0.15, 0.2) is 0 Å². The van der Waals surface area contributed by atoms with E-state index in [0.29, 0.717) is 5.75 Å². The summed E-state index contributed by atoms with van der Waals surface area (Å²) in [6, 6.07) is 0. The van der Waals surface area contributed by atoms with Crippen LogP contribution in [0.3, 0.4) is 0 Å². The third kappa shape index (κ3) is 2.30. The van der Waals surface area contributed by atoms with Crippen LogP contribution < -0.4 is 0 Å². The van der Waals surface area contributed by atoms with E-state index in [0.717, 1.165) is 24.2 Å². The first-order chi connectivity index (χ1) is 9.50. The maximum Gasteiger partial charge on any atom is 0.316 e. The fourth-order valence-electron chi connectivity index (χ4n) is 5.71. The molecule has 0 aromatic rings. The monoisotopic (exact) mass is 296 g/mol. The zero-order chi connectivity index (χ0) is 14.4. The smallest absolute Gasteiger partial charge is 0.316 e. The van der Waals surface area contributed by atoms with E-state index in [1.54, 1.807) is 11.8 Å². The zero-order valence-corrected chi connectivity index (χ0v) is 13.9. The van der Waals surface area contributed by atoms with Gasteiger partial charge in [0.25, 0.3) is 0 Å². The lowest BCUT2D eigenvalue weighted by atomic mass is 9.45. The summed E-state index contributed by atoms with van der Waals surface area (Å²) in [4.78, 5) is 12.1. The van der Waals surface area contributed by atoms with Crippen molar-refractivity contribution in [2.24, 2.45) is 23.2 Å². The molecule has 20 heavy (non-hydrogen) atoms. The molecule has 4 saturated carbocycles. The molecule has 0 saturated heterocycles. The second-order valence-electron chi connectivity index (χ2n) is 7.69. The average Bonchev–Trinajstić information content (AvgIpc) is 2.37. The van der Waals surface area contributed by atoms with Crippen molar-refractivity contribution < 1.29 is 9.53 Å². The van der Waals surface area contributed by atoms with Crippen molar-refractivity contribution in [1.82, 2.24) is 0 Å². The second-order valence-corrected chi connectivity index (χ2v) is 8.56. The van der Waals surface area contributed by atoms with Crippen molar-refractivity contribution in [1.29, 1.82) is 0 Å². The van der Waals surface area contributed by atoms with Crippen molar-refractivity contribution in [2.75, 3.05) is 12.0 Å². The molecular weight excluding hydrogens is 268 g/mol. The molecule has 0 spiro atoms. The Morgan fingerprint density at radius 1 is 1.20 bits per heavy atom. The molecule has 4 aliphatic carbocycles. The SMILES string of the molecule is CCC(C)(OC(=O)CSC)C12CC3CC(CC(C3)C1)C2. The summed E-state index contributed by atoms with van der Waals surface area (Å²) in [5.41, 5.74) is 0.0421. The number of hydrogen-bond acceptors (Lipinski definition) is 3. The minimum Gasteiger partial charge on any atom is -0.458 e. The number of carbonyl (C=O) groups excluding carboxylic acids is 1. The molecular formula is C17H28O2S. The lowest BCUT2D eigenvalue weighted by Gasteiger charge is -2.62. The summed E-state index contributed by atoms with van der Waals surface area (Å²) in [6.07, 6.45) is 11.2. The van der Waals surface area contributed by atoms with Crippen LogP contribution in [0.2, 0.25) is 0 Å². The predicted octanol–water partition coefficient (Wildman–Crippen LogP) is 4.28. The fraction of sp³-hybridized carbons (Fsp3) is 0.941. The Labute approximate surface area is 127 Å². The van der Waals surface area contributed by atoms with E-state index in [4.69, 9.17) is 4.74 Å². The van der Waals surface area contributed by atoms with Crippen LogP contribution in [0, 0.1) is 23.2 Å². The maximum atomic E-state index is 12.1. The molecule has 2 nitrogen and oxygen atoms in total. The van der Waals surface area contributed by atoms with Gasteiger partial charge in [-0.25, -0.2) is 0 Å². The Morgan fingerprint density at radius 2 is 1.70 bits per heavy atom. The Balaban J connectivity index is 1.82. The molecule has 0 aromatic heterocycles. The normalized spacial score (nSPS) is 41.5. The first kappa shape index (κ1) is 14.7. The summed E-state index contributed by atoms with van der Waals surface area (Å²) in [5, 5.41) is 0. The van der Waals surface area contributed by atoms with E-state index < -0.39 is 0 Å². The lowest BCUT2D eigenvalue weighted by Crippen LogP contribution is -2.58. The number of hydrogen-bond donors (Lipinski definition) is 0. The van der Waals surface area contributed by atoms with Crippen LogP contribution in [-0.4, -0.2) is 23.6 Å². The number of ether oxygens (including phenoxy) is 1. The van der Waals surface area contributed by atoms with Crippen molar-refractivity contribution in [2.45, 2.75) is 64.4 Å². The molecule has 1 unspecified atom stereocenters. The van der Waals surface area contributed by atoms with Crippen LogP contribution in [0.15, 0.2) is 0 Å². The molecule has 0 aromatic carbocycles. The summed E-state index contributed by atoms with van der Waals surface area (Å²) in [6.45, 7) is 4.42. The minimum atomic E-state index is -0.240. The van der Waals surface area contributed by atoms with E-state index >= 15 is 0 Å². The fourth-order valence-corrected chi connectivity index (χ4v) is 6.01. The van der Waals surface area contributed by atoms with Gasteiger partial charge in [-0.3, -0.25) is 4.79 Å². The highest BCUT2D eigenvalue weighted by atomic mass is 32.2. The largest absolute Gasteiger partial charge is 0.458 e. The molecule has 4 rings (SSSR count). The highest BCUT2D eigenvalue weighted by Gasteiger charge is 2.59. The van der Waals surface area contributed by atoms with Crippen molar-refractivity contribution in [3.05, 3.63) is 0 Å². The van der Waals surface area contributed by atoms with Gasteiger partial charge in [-0.2, -0.15) is 11.8 Å². The van der Waals surface area contributed by atoms with Crippen LogP contribution in [0.5, 0.6) is 0 Å². The molecule has 1 atom stereocenters. The predicted molar refractivity (Wildman–Crippen MR) is 83.8 cm³/mol. The third-order valence-corrected chi connectivity index (χ3v) is 6.96. The van der Waals surface area contributed by atoms with Gasteiger partial charge in [0.1, 0.15) is 5.60 Å². The molecule has 114 valence electrons. The second kappa shape index (κ2) is 5.23. The Morgan fingerprint density at radius 3 is 2.10 bits per heavy atom. The summed E-state index contributed by atoms with van der Waals surface area (Å²) < 4.78 is 6.05. The summed E-state index contributed by atoms with van der Waals surface area (Å²) >= 11 is 1.56. The third-order valence-electron chi connectivity index (χ3n) is 6.44. The van der Waals surface area contributed by atoms with E-state index in [2.05, 4.69) is 13.8 Å². The maximum absolute atomic E-state index is 12.1. The minimum absolute atomic E-state index is 0.0161. The molecule has 0 aliphatic heterocycles. The van der Waals surface area contributed by atoms with Crippen LogP contribution in [-0.2, 0) is 9.53 Å². The van der Waals surface area contributed by atoms with E-state index in [-0.39, 0.29) is 17.0 Å². The lowest BCUT2D eigenvalue weighted by molar-refractivity contribution is -0.202. The van der Waals surface area contributed by atoms with Gasteiger partial charge < -0.3 is 4.74 Å². The topological polar surface area (TPSA) is 26.3 Å². The van der Waals surface area contributed by atoms with Crippen molar-refractivity contribution in [3.63, 3.8) is 0 Å². The quantitative estimate of drug-likeness (QED) is 0.708. The first-order valence-electron chi connectivity index (χ1n) is 8.21. The van der Waals surface area contributed by atoms with E-state index in [9.17, 15) is 4.79 Å². The molecule has 0 N–H and O–H groups in total. The molecule has 0 radical (unpaired) electrons. The molecule has 4 aliphatic rings. The number of thioether (sulfide) groups is 1. The van der Waals surface area contributed by atoms with Crippen LogP contribution in [0.4, 0.5) is 0 Å². The summed E-state index contributed by atoms with van der Waals surface area (Å²) in [5.74, 6) is 3.20. The van der Waals surface area contributed by atoms with E-state index in [1.807, 2.05) is 6.26 Å². The number of esters is 1. The zero-order valence-electron chi connectivity index (χ0n) is 13.1. The Kier molecular flexibility index (Phi) is 3.85. The molecule has 0 amide bonds. The average molecular weight is 296 g/mol. The van der Waals surface area contributed by atoms with Gasteiger partial charge in [-0.15, -0.1) is 0 Å². The van der Waals surface area contributed by atoms with Gasteiger partial charge in [0.05, 0.1) is 5.75 Å². The Hall–Kier alpha value is -0.180. The van der Waals surface area contributed by atoms with Gasteiger partial charge in [0, 0.05) is 5.41 Å². The standard InChI is InChI=1S/C17H28O2S/c1-4-16(2,19-15(18)11-20-3)17-8-12-5-13(9-17)7-14(6-12)10-17/h12-14H,4-11H2,1-3H3. The van der Waals surface area contributed by atoms with Gasteiger partial charge in [-0.1, -0.05) is 6.92 Å². The van der Waals surface area contributed by atoms with Gasteiger partial charge >= 0.3 is 5.97 Å². The van der Waals surface area contributed by atoms with E-state index in [1.165, 1.54) is 38.5 Å². The number of rotatable bonds is 5. The molecule has 0 heterocycles. The molecule has 4 bridgehead atoms. The molecule has 3 heteroatoms. The van der Waals surface area contributed by atoms with Gasteiger partial charge in [0.2, 0.25) is 0 Å². The number of carbonyl (C=O) groups is 1. The van der Waals surface area contributed by atoms with Crippen LogP contribution in [0.25, 0.3) is 0 Å².